The molecule has 0 fully saturated rings. The molecule has 0 aliphatic rings. The minimum absolute atomic E-state index is 0. The molecule has 0 aromatic heterocycles. The first-order valence-electron chi connectivity index (χ1n) is 2.00. The molecule has 0 N–H and O–H groups in total. The molecule has 0 aromatic rings. The van der Waals surface area contributed by atoms with Crippen molar-refractivity contribution in [2.75, 3.05) is 0 Å². The maximum atomic E-state index is 8.52. The molecule has 0 atom stereocenters. The van der Waals surface area contributed by atoms with Crippen LogP contribution in [0.5, 0.6) is 0 Å². The van der Waals surface area contributed by atoms with Crippen LogP contribution in [0.2, 0.25) is 0 Å². The zero-order valence-electron chi connectivity index (χ0n) is 9.46. The largest absolute Gasteiger partial charge is 3.00 e. The Hall–Kier alpha value is 5.17. The normalized spacial score (nSPS) is 9.16. The molecule has 0 amide bonds. The molecule has 0 unspecified atom stereocenters. The predicted molar refractivity (Wildman–Crippen MR) is 31.4 cm³/mol. The maximum absolute atomic E-state index is 8.52. The summed E-state index contributed by atoms with van der Waals surface area (Å²) in [7, 11) is -15.5. The molecule has 0 bridgehead atoms. The van der Waals surface area contributed by atoms with Crippen molar-refractivity contribution < 1.29 is 227 Å². The van der Waals surface area contributed by atoms with E-state index in [1.165, 1.54) is 0 Å². The molecule has 0 heterocycles. The van der Waals surface area contributed by atoms with E-state index >= 15 is 0 Å². The summed E-state index contributed by atoms with van der Waals surface area (Å²) in [6.07, 6.45) is 0. The monoisotopic (exact) mass is 598 g/mol. The molecule has 0 aliphatic heterocycles. The van der Waals surface area contributed by atoms with Crippen molar-refractivity contribution in [2.45, 2.75) is 0 Å². The van der Waals surface area contributed by atoms with Crippen molar-refractivity contribution in [3.05, 3.63) is 0 Å². The van der Waals surface area contributed by atoms with Crippen LogP contribution in [0, 0.1) is 0 Å². The second-order valence-corrected chi connectivity index (χ2v) is 3.67. The smallest absolute Gasteiger partial charge is 0.759 e. The molecule has 0 spiro atoms. The third-order valence-electron chi connectivity index (χ3n) is 0. The summed E-state index contributed by atoms with van der Waals surface area (Å²) < 4.78 is 102. The Kier molecular flexibility index (Phi) is 49.1. The summed E-state index contributed by atoms with van der Waals surface area (Å²) in [5.41, 5.74) is 0. The molecule has 0 radical (unpaired) electrons. The fourth-order valence-electron chi connectivity index (χ4n) is 0. The van der Waals surface area contributed by atoms with Gasteiger partial charge in [-0.15, -0.1) is 0 Å². The van der Waals surface area contributed by atoms with E-state index in [0.29, 0.717) is 0 Å². The molecule has 12 nitrogen and oxygen atoms in total. The van der Waals surface area contributed by atoms with Gasteiger partial charge in [-0.2, -0.15) is 0 Å². The van der Waals surface area contributed by atoms with Gasteiger partial charge in [0.05, 0.1) is 0 Å². The number of rotatable bonds is 0. The SMILES string of the molecule is O=S(=O)([O-])[O-].O=S(=O)([O-])[O-].O=S(=O)([O-])[O-].[Ir+3].[K+].[K+].[K+]. The van der Waals surface area contributed by atoms with Crippen molar-refractivity contribution in [3.63, 3.8) is 0 Å². The van der Waals surface area contributed by atoms with Crippen LogP contribution in [0.4, 0.5) is 0 Å². The van der Waals surface area contributed by atoms with Gasteiger partial charge in [0.25, 0.3) is 0 Å². The Morgan fingerprint density at radius 3 is 0.421 bits per heavy atom. The quantitative estimate of drug-likeness (QED) is 0.144. The standard InChI is InChI=1S/Ir.3K.3H2O4S/c;;;;3*1-5(2,3)4/h;;;;3*(H2,1,2,3,4)/q+3;3*+1;;;/p-6. The third-order valence-corrected chi connectivity index (χ3v) is 0. The minimum atomic E-state index is -5.17. The van der Waals surface area contributed by atoms with Gasteiger partial charge in [0.2, 0.25) is 0 Å². The van der Waals surface area contributed by atoms with Crippen molar-refractivity contribution in [1.29, 1.82) is 0 Å². The topological polar surface area (TPSA) is 241 Å². The Morgan fingerprint density at radius 2 is 0.421 bits per heavy atom. The average Bonchev–Trinajstić information content (AvgIpc) is 1.41. The summed E-state index contributed by atoms with van der Waals surface area (Å²) in [5, 5.41) is 0. The third kappa shape index (κ3) is 389. The fraction of sp³-hybridized carbons (Fsp3) is 0. The summed E-state index contributed by atoms with van der Waals surface area (Å²) in [6.45, 7) is 0. The van der Waals surface area contributed by atoms with E-state index in [9.17, 15) is 0 Å². The van der Waals surface area contributed by atoms with E-state index < -0.39 is 31.2 Å². The van der Waals surface area contributed by atoms with Crippen LogP contribution in [-0.2, 0) is 51.3 Å². The van der Waals surface area contributed by atoms with Crippen LogP contribution in [0.25, 0.3) is 0 Å². The molecule has 19 heavy (non-hydrogen) atoms. The zero-order valence-corrected chi connectivity index (χ0v) is 23.7. The molecule has 19 heteroatoms. The molecular formula is IrK3O12S3. The molecular weight excluding hydrogens is 598 g/mol. The van der Waals surface area contributed by atoms with E-state index in [1.807, 2.05) is 0 Å². The van der Waals surface area contributed by atoms with Gasteiger partial charge in [0.1, 0.15) is 0 Å². The molecule has 102 valence electrons. The van der Waals surface area contributed by atoms with Gasteiger partial charge in [-0.25, -0.2) is 0 Å². The van der Waals surface area contributed by atoms with Crippen LogP contribution < -0.4 is 154 Å². The van der Waals surface area contributed by atoms with Gasteiger partial charge >= 0.3 is 174 Å². The molecule has 0 saturated carbocycles. The number of hydrogen-bond donors (Lipinski definition) is 0. The Balaban J connectivity index is -0.0000000206. The van der Waals surface area contributed by atoms with Gasteiger partial charge in [0, 0.05) is 31.2 Å². The van der Waals surface area contributed by atoms with E-state index in [-0.39, 0.29) is 174 Å². The molecule has 0 rings (SSSR count). The minimum Gasteiger partial charge on any atom is -0.759 e. The van der Waals surface area contributed by atoms with Crippen LogP contribution in [0.1, 0.15) is 0 Å². The van der Waals surface area contributed by atoms with E-state index in [1.54, 1.807) is 0 Å². The second-order valence-electron chi connectivity index (χ2n) is 1.22. The van der Waals surface area contributed by atoms with Crippen LogP contribution in [0.15, 0.2) is 0 Å². The van der Waals surface area contributed by atoms with Gasteiger partial charge in [-0.3, -0.25) is 25.3 Å². The fourth-order valence-corrected chi connectivity index (χ4v) is 0. The summed E-state index contributed by atoms with van der Waals surface area (Å²) in [4.78, 5) is 0. The average molecular weight is 598 g/mol. The van der Waals surface area contributed by atoms with Crippen molar-refractivity contribution in [3.8, 4) is 0 Å². The van der Waals surface area contributed by atoms with Crippen molar-refractivity contribution in [2.24, 2.45) is 0 Å². The zero-order chi connectivity index (χ0) is 13.5. The van der Waals surface area contributed by atoms with Gasteiger partial charge in [-0.05, 0) is 0 Å². The summed E-state index contributed by atoms with van der Waals surface area (Å²) >= 11 is 0. The molecule has 0 saturated heterocycles. The first-order valence-corrected chi connectivity index (χ1v) is 6.00. The second kappa shape index (κ2) is 21.2. The van der Waals surface area contributed by atoms with E-state index in [4.69, 9.17) is 52.6 Å². The van der Waals surface area contributed by atoms with Gasteiger partial charge < -0.3 is 27.3 Å². The van der Waals surface area contributed by atoms with Crippen LogP contribution in [0.3, 0.4) is 0 Å². The molecule has 0 aromatic carbocycles. The van der Waals surface area contributed by atoms with Crippen molar-refractivity contribution >= 4 is 31.2 Å². The summed E-state index contributed by atoms with van der Waals surface area (Å²) in [6, 6.07) is 0. The Labute approximate surface area is 251 Å². The van der Waals surface area contributed by atoms with Gasteiger partial charge in [0.15, 0.2) is 0 Å². The molecule has 0 aliphatic carbocycles. The van der Waals surface area contributed by atoms with Crippen LogP contribution in [-0.4, -0.2) is 52.6 Å². The van der Waals surface area contributed by atoms with E-state index in [0.717, 1.165) is 0 Å². The Bertz CT molecular complexity index is 349. The Morgan fingerprint density at radius 1 is 0.421 bits per heavy atom. The van der Waals surface area contributed by atoms with Gasteiger partial charge in [-0.1, -0.05) is 0 Å². The first-order chi connectivity index (χ1) is 6.00. The maximum Gasteiger partial charge on any atom is 3.00 e. The van der Waals surface area contributed by atoms with Crippen molar-refractivity contribution in [1.82, 2.24) is 0 Å². The van der Waals surface area contributed by atoms with Crippen LogP contribution >= 0.6 is 0 Å². The van der Waals surface area contributed by atoms with E-state index in [2.05, 4.69) is 0 Å². The predicted octanol–water partition coefficient (Wildman–Crippen LogP) is -13.0. The first kappa shape index (κ1) is 44.0. The number of hydrogen-bond acceptors (Lipinski definition) is 12. The summed E-state index contributed by atoms with van der Waals surface area (Å²) in [5.74, 6) is 0.